The Hall–Kier alpha value is -2.66. The van der Waals surface area contributed by atoms with E-state index in [-0.39, 0.29) is 6.61 Å². The summed E-state index contributed by atoms with van der Waals surface area (Å²) in [4.78, 5) is 18.1. The first kappa shape index (κ1) is 16.2. The highest BCUT2D eigenvalue weighted by Gasteiger charge is 2.30. The van der Waals surface area contributed by atoms with E-state index in [9.17, 15) is 4.79 Å². The van der Waals surface area contributed by atoms with Crippen molar-refractivity contribution in [1.29, 1.82) is 0 Å². The number of ether oxygens (including phenoxy) is 2. The van der Waals surface area contributed by atoms with Gasteiger partial charge in [0.15, 0.2) is 6.23 Å². The van der Waals surface area contributed by atoms with Crippen LogP contribution in [0.25, 0.3) is 0 Å². The predicted octanol–water partition coefficient (Wildman–Crippen LogP) is 3.45. The summed E-state index contributed by atoms with van der Waals surface area (Å²) in [5.74, 6) is 0. The Morgan fingerprint density at radius 1 is 1.33 bits per heavy atom. The van der Waals surface area contributed by atoms with Crippen LogP contribution in [0.4, 0.5) is 4.79 Å². The molecule has 24 heavy (non-hydrogen) atoms. The van der Waals surface area contributed by atoms with Gasteiger partial charge in [-0.25, -0.2) is 4.79 Å². The van der Waals surface area contributed by atoms with Crippen LogP contribution in [-0.4, -0.2) is 37.1 Å². The van der Waals surface area contributed by atoms with E-state index >= 15 is 0 Å². The number of carbonyl (C=O) groups is 1. The van der Waals surface area contributed by atoms with Gasteiger partial charge in [-0.2, -0.15) is 0 Å². The lowest BCUT2D eigenvalue weighted by Gasteiger charge is -2.32. The van der Waals surface area contributed by atoms with Gasteiger partial charge >= 0.3 is 6.09 Å². The zero-order valence-electron chi connectivity index (χ0n) is 13.6. The van der Waals surface area contributed by atoms with Crippen LogP contribution in [0, 0.1) is 0 Å². The molecule has 1 unspecified atom stereocenters. The first-order chi connectivity index (χ1) is 11.8. The number of allylic oxidation sites excluding steroid dienone is 2. The number of amides is 1. The molecule has 0 fully saturated rings. The fraction of sp³-hybridized carbons (Fsp3) is 0.263. The SMILES string of the molecule is COC1C(C2=CCN=CC2)=CC=CN1C(=O)OCc1ccccc1. The van der Waals surface area contributed by atoms with E-state index < -0.39 is 12.3 Å². The smallest absolute Gasteiger partial charge is 0.416 e. The van der Waals surface area contributed by atoms with Crippen LogP contribution < -0.4 is 0 Å². The molecule has 0 N–H and O–H groups in total. The Labute approximate surface area is 141 Å². The zero-order chi connectivity index (χ0) is 16.8. The highest BCUT2D eigenvalue weighted by Crippen LogP contribution is 2.27. The Morgan fingerprint density at radius 3 is 2.88 bits per heavy atom. The average Bonchev–Trinajstić information content (AvgIpc) is 2.67. The van der Waals surface area contributed by atoms with Gasteiger partial charge in [-0.3, -0.25) is 9.89 Å². The quantitative estimate of drug-likeness (QED) is 0.852. The largest absolute Gasteiger partial charge is 0.444 e. The minimum absolute atomic E-state index is 0.231. The fourth-order valence-corrected chi connectivity index (χ4v) is 2.73. The van der Waals surface area contributed by atoms with E-state index in [1.165, 1.54) is 4.90 Å². The molecule has 0 aliphatic carbocycles. The van der Waals surface area contributed by atoms with Gasteiger partial charge in [-0.05, 0) is 17.2 Å². The Balaban J connectivity index is 1.69. The molecule has 124 valence electrons. The molecule has 0 aromatic heterocycles. The molecule has 0 saturated heterocycles. The summed E-state index contributed by atoms with van der Waals surface area (Å²) in [6.45, 7) is 0.889. The molecule has 1 atom stereocenters. The van der Waals surface area contributed by atoms with Crippen molar-refractivity contribution in [2.24, 2.45) is 4.99 Å². The number of rotatable bonds is 4. The number of carbonyl (C=O) groups excluding carboxylic acids is 1. The highest BCUT2D eigenvalue weighted by atomic mass is 16.6. The molecule has 5 heteroatoms. The maximum atomic E-state index is 12.5. The lowest BCUT2D eigenvalue weighted by molar-refractivity contribution is 0.0129. The van der Waals surface area contributed by atoms with Crippen LogP contribution >= 0.6 is 0 Å². The standard InChI is InChI=1S/C19H20N2O3/c1-23-18-17(16-9-11-20-12-10-16)8-5-13-21(18)19(22)24-14-15-6-3-2-4-7-15/h2-9,12-13,18H,10-11,14H2,1H3. The summed E-state index contributed by atoms with van der Waals surface area (Å²) >= 11 is 0. The third kappa shape index (κ3) is 3.63. The van der Waals surface area contributed by atoms with Gasteiger partial charge in [0.1, 0.15) is 6.61 Å². The van der Waals surface area contributed by atoms with Gasteiger partial charge in [-0.15, -0.1) is 0 Å². The molecule has 2 aliphatic rings. The van der Waals surface area contributed by atoms with Gasteiger partial charge in [0.05, 0.1) is 6.54 Å². The Bertz CT molecular complexity index is 705. The molecule has 0 bridgehead atoms. The summed E-state index contributed by atoms with van der Waals surface area (Å²) in [6, 6.07) is 9.60. The molecule has 1 aromatic carbocycles. The van der Waals surface area contributed by atoms with E-state index in [1.54, 1.807) is 13.3 Å². The number of nitrogens with zero attached hydrogens (tertiary/aromatic N) is 2. The van der Waals surface area contributed by atoms with E-state index in [1.807, 2.05) is 48.7 Å². The normalized spacial score (nSPS) is 19.7. The number of hydrogen-bond donors (Lipinski definition) is 0. The van der Waals surface area contributed by atoms with E-state index in [0.29, 0.717) is 6.54 Å². The van der Waals surface area contributed by atoms with E-state index in [0.717, 1.165) is 23.1 Å². The van der Waals surface area contributed by atoms with E-state index in [4.69, 9.17) is 9.47 Å². The van der Waals surface area contributed by atoms with Crippen molar-refractivity contribution < 1.29 is 14.3 Å². The lowest BCUT2D eigenvalue weighted by Crippen LogP contribution is -2.41. The second-order valence-electron chi connectivity index (χ2n) is 5.48. The van der Waals surface area contributed by atoms with Gasteiger partial charge in [0.2, 0.25) is 0 Å². The first-order valence-corrected chi connectivity index (χ1v) is 7.87. The van der Waals surface area contributed by atoms with Crippen molar-refractivity contribution in [2.45, 2.75) is 19.3 Å². The number of hydrogen-bond acceptors (Lipinski definition) is 4. The van der Waals surface area contributed by atoms with Crippen molar-refractivity contribution in [1.82, 2.24) is 4.90 Å². The van der Waals surface area contributed by atoms with Crippen LogP contribution in [-0.2, 0) is 16.1 Å². The molecule has 2 aliphatic heterocycles. The third-order valence-electron chi connectivity index (χ3n) is 3.93. The molecule has 0 saturated carbocycles. The lowest BCUT2D eigenvalue weighted by atomic mass is 9.97. The van der Waals surface area contributed by atoms with Gasteiger partial charge in [0.25, 0.3) is 0 Å². The molecular weight excluding hydrogens is 304 g/mol. The van der Waals surface area contributed by atoms with Crippen molar-refractivity contribution in [3.63, 3.8) is 0 Å². The van der Waals surface area contributed by atoms with Crippen LogP contribution in [0.1, 0.15) is 12.0 Å². The topological polar surface area (TPSA) is 51.1 Å². The number of aliphatic imine (C=N–C) groups is 1. The molecule has 5 nitrogen and oxygen atoms in total. The fourth-order valence-electron chi connectivity index (χ4n) is 2.73. The van der Waals surface area contributed by atoms with Crippen LogP contribution in [0.5, 0.6) is 0 Å². The molecule has 1 amide bonds. The van der Waals surface area contributed by atoms with Crippen LogP contribution in [0.2, 0.25) is 0 Å². The molecule has 0 radical (unpaired) electrons. The number of dihydropyridines is 1. The molecule has 2 heterocycles. The van der Waals surface area contributed by atoms with Gasteiger partial charge in [0, 0.05) is 31.5 Å². The summed E-state index contributed by atoms with van der Waals surface area (Å²) in [6.07, 6.45) is 9.26. The Morgan fingerprint density at radius 2 is 2.17 bits per heavy atom. The highest BCUT2D eigenvalue weighted by molar-refractivity contribution is 5.72. The summed E-state index contributed by atoms with van der Waals surface area (Å²) in [5.41, 5.74) is 3.03. The maximum absolute atomic E-state index is 12.5. The van der Waals surface area contributed by atoms with Crippen molar-refractivity contribution in [3.8, 4) is 0 Å². The van der Waals surface area contributed by atoms with Crippen molar-refractivity contribution in [2.75, 3.05) is 13.7 Å². The van der Waals surface area contributed by atoms with Crippen LogP contribution in [0.3, 0.4) is 0 Å². The molecule has 1 aromatic rings. The first-order valence-electron chi connectivity index (χ1n) is 7.87. The summed E-state index contributed by atoms with van der Waals surface area (Å²) < 4.78 is 11.0. The predicted molar refractivity (Wildman–Crippen MR) is 92.5 cm³/mol. The monoisotopic (exact) mass is 324 g/mol. The maximum Gasteiger partial charge on any atom is 0.416 e. The second-order valence-corrected chi connectivity index (χ2v) is 5.48. The van der Waals surface area contributed by atoms with Gasteiger partial charge in [-0.1, -0.05) is 42.5 Å². The average molecular weight is 324 g/mol. The number of methoxy groups -OCH3 is 1. The molecular formula is C19H20N2O3. The second kappa shape index (κ2) is 7.75. The third-order valence-corrected chi connectivity index (χ3v) is 3.93. The van der Waals surface area contributed by atoms with Crippen LogP contribution in [0.15, 0.2) is 70.9 Å². The van der Waals surface area contributed by atoms with Crippen molar-refractivity contribution >= 4 is 12.3 Å². The molecule has 3 rings (SSSR count). The minimum Gasteiger partial charge on any atom is -0.444 e. The van der Waals surface area contributed by atoms with E-state index in [2.05, 4.69) is 11.1 Å². The molecule has 0 spiro atoms. The van der Waals surface area contributed by atoms with Gasteiger partial charge < -0.3 is 9.47 Å². The Kier molecular flexibility index (Phi) is 5.23. The minimum atomic E-state index is -0.490. The van der Waals surface area contributed by atoms with Crippen molar-refractivity contribution in [3.05, 3.63) is 71.5 Å². The summed E-state index contributed by atoms with van der Waals surface area (Å²) in [7, 11) is 1.59. The summed E-state index contributed by atoms with van der Waals surface area (Å²) in [5, 5.41) is 0. The number of benzene rings is 1. The zero-order valence-corrected chi connectivity index (χ0v) is 13.6.